The summed E-state index contributed by atoms with van der Waals surface area (Å²) in [5, 5.41) is 8.88. The van der Waals surface area contributed by atoms with Crippen LogP contribution in [0.2, 0.25) is 0 Å². The molecule has 0 aliphatic carbocycles. The van der Waals surface area contributed by atoms with Crippen LogP contribution in [0, 0.1) is 0 Å². The average molecular weight is 251 g/mol. The third kappa shape index (κ3) is 2.33. The van der Waals surface area contributed by atoms with E-state index in [2.05, 4.69) is 10.4 Å². The molecule has 0 fully saturated rings. The van der Waals surface area contributed by atoms with Gasteiger partial charge in [0, 0.05) is 11.1 Å². The molecule has 19 heavy (non-hydrogen) atoms. The molecule has 0 atom stereocenters. The second kappa shape index (κ2) is 4.94. The molecule has 0 aliphatic heterocycles. The second-order valence-electron chi connectivity index (χ2n) is 4.24. The molecule has 4 nitrogen and oxygen atoms in total. The standard InChI is InChI=1S/C15H13N3O/c19-15-14-9-5-4-6-12(14)10-17-18(15)11-16-13-7-2-1-3-8-13/h1-10,16H,11H2. The van der Waals surface area contributed by atoms with Crippen molar-refractivity contribution in [3.05, 3.63) is 71.1 Å². The van der Waals surface area contributed by atoms with Crippen molar-refractivity contribution in [2.75, 3.05) is 5.32 Å². The van der Waals surface area contributed by atoms with Gasteiger partial charge in [0.05, 0.1) is 11.6 Å². The number of nitrogens with one attached hydrogen (secondary N) is 1. The summed E-state index contributed by atoms with van der Waals surface area (Å²) in [4.78, 5) is 12.2. The Morgan fingerprint density at radius 1 is 1.00 bits per heavy atom. The van der Waals surface area contributed by atoms with Gasteiger partial charge in [0.2, 0.25) is 0 Å². The lowest BCUT2D eigenvalue weighted by molar-refractivity contribution is 0.632. The first-order valence-electron chi connectivity index (χ1n) is 6.08. The minimum absolute atomic E-state index is 0.0819. The lowest BCUT2D eigenvalue weighted by Crippen LogP contribution is -2.26. The van der Waals surface area contributed by atoms with Crippen LogP contribution in [-0.4, -0.2) is 9.78 Å². The van der Waals surface area contributed by atoms with Crippen molar-refractivity contribution in [1.29, 1.82) is 0 Å². The van der Waals surface area contributed by atoms with Crippen LogP contribution in [0.1, 0.15) is 0 Å². The van der Waals surface area contributed by atoms with Gasteiger partial charge in [-0.1, -0.05) is 36.4 Å². The van der Waals surface area contributed by atoms with Crippen molar-refractivity contribution in [1.82, 2.24) is 9.78 Å². The number of anilines is 1. The quantitative estimate of drug-likeness (QED) is 0.777. The van der Waals surface area contributed by atoms with Gasteiger partial charge in [0.15, 0.2) is 0 Å². The first kappa shape index (κ1) is 11.5. The Kier molecular flexibility index (Phi) is 2.98. The molecular weight excluding hydrogens is 238 g/mol. The van der Waals surface area contributed by atoms with Crippen molar-refractivity contribution in [2.45, 2.75) is 6.67 Å². The van der Waals surface area contributed by atoms with Gasteiger partial charge in [-0.3, -0.25) is 4.79 Å². The van der Waals surface area contributed by atoms with Gasteiger partial charge in [-0.05, 0) is 18.2 Å². The van der Waals surface area contributed by atoms with E-state index in [9.17, 15) is 4.79 Å². The Morgan fingerprint density at radius 2 is 1.74 bits per heavy atom. The van der Waals surface area contributed by atoms with Gasteiger partial charge in [-0.15, -0.1) is 0 Å². The Labute approximate surface area is 110 Å². The molecule has 0 amide bonds. The molecule has 1 N–H and O–H groups in total. The Morgan fingerprint density at radius 3 is 2.58 bits per heavy atom. The number of nitrogens with zero attached hydrogens (tertiary/aromatic N) is 2. The third-order valence-electron chi connectivity index (χ3n) is 2.97. The van der Waals surface area contributed by atoms with E-state index >= 15 is 0 Å². The Hall–Kier alpha value is -2.62. The summed E-state index contributed by atoms with van der Waals surface area (Å²) in [5.41, 5.74) is 0.880. The molecule has 0 saturated carbocycles. The highest BCUT2D eigenvalue weighted by Crippen LogP contribution is 2.07. The normalized spacial score (nSPS) is 10.5. The van der Waals surface area contributed by atoms with Crippen molar-refractivity contribution in [2.24, 2.45) is 0 Å². The van der Waals surface area contributed by atoms with Crippen LogP contribution in [0.15, 0.2) is 65.6 Å². The predicted molar refractivity (Wildman–Crippen MR) is 76.1 cm³/mol. The number of rotatable bonds is 3. The van der Waals surface area contributed by atoms with Gasteiger partial charge in [-0.25, -0.2) is 4.68 Å². The maximum atomic E-state index is 12.2. The highest BCUT2D eigenvalue weighted by Gasteiger charge is 2.02. The summed E-state index contributed by atoms with van der Waals surface area (Å²) in [6.45, 7) is 0.355. The van der Waals surface area contributed by atoms with Crippen molar-refractivity contribution in [3.63, 3.8) is 0 Å². The molecule has 4 heteroatoms. The largest absolute Gasteiger partial charge is 0.366 e. The number of hydrogen-bond acceptors (Lipinski definition) is 3. The molecule has 94 valence electrons. The van der Waals surface area contributed by atoms with E-state index < -0.39 is 0 Å². The topological polar surface area (TPSA) is 46.9 Å². The molecule has 3 rings (SSSR count). The van der Waals surface area contributed by atoms with Crippen molar-refractivity contribution < 1.29 is 0 Å². The van der Waals surface area contributed by atoms with Crippen molar-refractivity contribution >= 4 is 16.5 Å². The smallest absolute Gasteiger partial charge is 0.276 e. The SMILES string of the molecule is O=c1c2ccccc2cnn1CNc1ccccc1. The van der Waals surface area contributed by atoms with Crippen LogP contribution >= 0.6 is 0 Å². The molecule has 1 heterocycles. The Bertz CT molecular complexity index is 750. The van der Waals surface area contributed by atoms with Gasteiger partial charge >= 0.3 is 0 Å². The molecule has 3 aromatic rings. The number of hydrogen-bond donors (Lipinski definition) is 1. The fourth-order valence-corrected chi connectivity index (χ4v) is 1.96. The molecular formula is C15H13N3O. The molecule has 0 aliphatic rings. The monoisotopic (exact) mass is 251 g/mol. The molecule has 1 aromatic heterocycles. The molecule has 0 spiro atoms. The summed E-state index contributed by atoms with van der Waals surface area (Å²) in [7, 11) is 0. The molecule has 0 saturated heterocycles. The Balaban J connectivity index is 1.90. The summed E-state index contributed by atoms with van der Waals surface area (Å²) in [5.74, 6) is 0. The van der Waals surface area contributed by atoms with E-state index in [0.29, 0.717) is 12.1 Å². The fraction of sp³-hybridized carbons (Fsp3) is 0.0667. The maximum Gasteiger partial charge on any atom is 0.276 e. The van der Waals surface area contributed by atoms with E-state index in [0.717, 1.165) is 11.1 Å². The number of benzene rings is 2. The highest BCUT2D eigenvalue weighted by atomic mass is 16.1. The molecule has 0 radical (unpaired) electrons. The van der Waals surface area contributed by atoms with E-state index in [1.807, 2.05) is 54.6 Å². The zero-order valence-corrected chi connectivity index (χ0v) is 10.3. The minimum Gasteiger partial charge on any atom is -0.366 e. The zero-order valence-electron chi connectivity index (χ0n) is 10.3. The zero-order chi connectivity index (χ0) is 13.1. The van der Waals surface area contributed by atoms with Crippen LogP contribution in [0.3, 0.4) is 0 Å². The molecule has 0 unspecified atom stereocenters. The average Bonchev–Trinajstić information content (AvgIpc) is 2.48. The minimum atomic E-state index is -0.0819. The van der Waals surface area contributed by atoms with Crippen LogP contribution in [0.4, 0.5) is 5.69 Å². The van der Waals surface area contributed by atoms with Crippen LogP contribution in [-0.2, 0) is 6.67 Å². The van der Waals surface area contributed by atoms with Crippen molar-refractivity contribution in [3.8, 4) is 0 Å². The van der Waals surface area contributed by atoms with E-state index in [1.54, 1.807) is 6.20 Å². The first-order valence-corrected chi connectivity index (χ1v) is 6.08. The summed E-state index contributed by atoms with van der Waals surface area (Å²) < 4.78 is 1.43. The summed E-state index contributed by atoms with van der Waals surface area (Å²) >= 11 is 0. The lowest BCUT2D eigenvalue weighted by atomic mass is 10.2. The number of aromatic nitrogens is 2. The van der Waals surface area contributed by atoms with Crippen LogP contribution in [0.5, 0.6) is 0 Å². The predicted octanol–water partition coefficient (Wildman–Crippen LogP) is 2.47. The van der Waals surface area contributed by atoms with Gasteiger partial charge in [-0.2, -0.15) is 5.10 Å². The third-order valence-corrected chi connectivity index (χ3v) is 2.97. The van der Waals surface area contributed by atoms with Gasteiger partial charge in [0.1, 0.15) is 6.67 Å². The van der Waals surface area contributed by atoms with Gasteiger partial charge < -0.3 is 5.32 Å². The first-order chi connectivity index (χ1) is 9.34. The number of para-hydroxylation sites is 1. The molecule has 0 bridgehead atoms. The van der Waals surface area contributed by atoms with Gasteiger partial charge in [0.25, 0.3) is 5.56 Å². The fourth-order valence-electron chi connectivity index (χ4n) is 1.96. The summed E-state index contributed by atoms with van der Waals surface area (Å²) in [6, 6.07) is 17.2. The van der Waals surface area contributed by atoms with E-state index in [1.165, 1.54) is 4.68 Å². The highest BCUT2D eigenvalue weighted by molar-refractivity contribution is 5.80. The van der Waals surface area contributed by atoms with Crippen LogP contribution < -0.4 is 10.9 Å². The second-order valence-corrected chi connectivity index (χ2v) is 4.24. The lowest BCUT2D eigenvalue weighted by Gasteiger charge is -2.08. The van der Waals surface area contributed by atoms with E-state index in [4.69, 9.17) is 0 Å². The molecule has 2 aromatic carbocycles. The van der Waals surface area contributed by atoms with E-state index in [-0.39, 0.29) is 5.56 Å². The summed E-state index contributed by atoms with van der Waals surface area (Å²) in [6.07, 6.45) is 1.71. The number of fused-ring (bicyclic) bond motifs is 1. The maximum absolute atomic E-state index is 12.2. The van der Waals surface area contributed by atoms with Crippen LogP contribution in [0.25, 0.3) is 10.8 Å².